The van der Waals surface area contributed by atoms with Gasteiger partial charge in [0.25, 0.3) is 0 Å². The molecule has 90 valence electrons. The molecule has 0 bridgehead atoms. The maximum absolute atomic E-state index is 11.5. The summed E-state index contributed by atoms with van der Waals surface area (Å²) < 4.78 is 10.5. The van der Waals surface area contributed by atoms with Crippen LogP contribution in [-0.2, 0) is 11.3 Å². The molecule has 1 saturated carbocycles. The molecule has 1 amide bonds. The number of halogens is 1. The maximum Gasteiger partial charge on any atom is 0.231 e. The largest absolute Gasteiger partial charge is 0.454 e. The lowest BCUT2D eigenvalue weighted by atomic mass is 10.2. The Morgan fingerprint density at radius 2 is 2.06 bits per heavy atom. The Balaban J connectivity index is 1.71. The highest BCUT2D eigenvalue weighted by molar-refractivity contribution is 6.31. The number of ether oxygens (including phenoxy) is 2. The van der Waals surface area contributed by atoms with Crippen molar-refractivity contribution in [2.45, 2.75) is 19.4 Å². The van der Waals surface area contributed by atoms with Crippen LogP contribution in [0.2, 0.25) is 5.02 Å². The van der Waals surface area contributed by atoms with Gasteiger partial charge < -0.3 is 14.8 Å². The van der Waals surface area contributed by atoms with Crippen molar-refractivity contribution in [3.8, 4) is 11.5 Å². The number of benzene rings is 1. The molecule has 1 N–H and O–H groups in total. The second-order valence-corrected chi connectivity index (χ2v) is 4.70. The first-order valence-corrected chi connectivity index (χ1v) is 5.97. The van der Waals surface area contributed by atoms with E-state index in [0.717, 1.165) is 18.4 Å². The summed E-state index contributed by atoms with van der Waals surface area (Å²) in [5.74, 6) is 1.67. The Bertz CT molecular complexity index is 471. The average Bonchev–Trinajstić information content (AvgIpc) is 3.07. The molecule has 0 atom stereocenters. The number of amides is 1. The molecule has 0 aromatic heterocycles. The van der Waals surface area contributed by atoms with Crippen LogP contribution in [-0.4, -0.2) is 12.7 Å². The van der Waals surface area contributed by atoms with Crippen molar-refractivity contribution in [1.82, 2.24) is 5.32 Å². The summed E-state index contributed by atoms with van der Waals surface area (Å²) >= 11 is 6.10. The third kappa shape index (κ3) is 2.17. The van der Waals surface area contributed by atoms with Crippen molar-refractivity contribution in [1.29, 1.82) is 0 Å². The minimum Gasteiger partial charge on any atom is -0.454 e. The van der Waals surface area contributed by atoms with Crippen molar-refractivity contribution >= 4 is 17.5 Å². The van der Waals surface area contributed by atoms with E-state index in [4.69, 9.17) is 21.1 Å². The monoisotopic (exact) mass is 253 g/mol. The lowest BCUT2D eigenvalue weighted by molar-refractivity contribution is -0.122. The summed E-state index contributed by atoms with van der Waals surface area (Å²) in [5.41, 5.74) is 0.852. The Labute approximate surface area is 104 Å². The smallest absolute Gasteiger partial charge is 0.231 e. The van der Waals surface area contributed by atoms with Gasteiger partial charge in [0.1, 0.15) is 0 Å². The maximum atomic E-state index is 11.5. The molecule has 0 unspecified atom stereocenters. The molecule has 5 heteroatoms. The van der Waals surface area contributed by atoms with Crippen molar-refractivity contribution < 1.29 is 14.3 Å². The number of carbonyl (C=O) groups is 1. The van der Waals surface area contributed by atoms with Gasteiger partial charge in [-0.2, -0.15) is 0 Å². The van der Waals surface area contributed by atoms with Crippen molar-refractivity contribution in [2.24, 2.45) is 5.92 Å². The van der Waals surface area contributed by atoms with Gasteiger partial charge in [0.15, 0.2) is 11.5 Å². The molecule has 1 aliphatic heterocycles. The van der Waals surface area contributed by atoms with E-state index < -0.39 is 0 Å². The molecule has 0 radical (unpaired) electrons. The summed E-state index contributed by atoms with van der Waals surface area (Å²) in [6, 6.07) is 3.54. The van der Waals surface area contributed by atoms with Gasteiger partial charge in [0.2, 0.25) is 12.7 Å². The van der Waals surface area contributed by atoms with Crippen LogP contribution >= 0.6 is 11.6 Å². The first-order chi connectivity index (χ1) is 8.24. The predicted molar refractivity (Wildman–Crippen MR) is 62.1 cm³/mol. The highest BCUT2D eigenvalue weighted by atomic mass is 35.5. The van der Waals surface area contributed by atoms with Crippen molar-refractivity contribution in [2.75, 3.05) is 6.79 Å². The van der Waals surface area contributed by atoms with Crippen LogP contribution in [0.25, 0.3) is 0 Å². The van der Waals surface area contributed by atoms with E-state index in [2.05, 4.69) is 5.32 Å². The zero-order valence-corrected chi connectivity index (χ0v) is 9.92. The van der Waals surface area contributed by atoms with Crippen LogP contribution in [0.1, 0.15) is 18.4 Å². The lowest BCUT2D eigenvalue weighted by Gasteiger charge is -2.07. The summed E-state index contributed by atoms with van der Waals surface area (Å²) in [6.07, 6.45) is 2.00. The van der Waals surface area contributed by atoms with Crippen molar-refractivity contribution in [3.63, 3.8) is 0 Å². The highest BCUT2D eigenvalue weighted by Crippen LogP contribution is 2.37. The Hall–Kier alpha value is -1.42. The first-order valence-electron chi connectivity index (χ1n) is 5.60. The van der Waals surface area contributed by atoms with Gasteiger partial charge in [-0.1, -0.05) is 11.6 Å². The first kappa shape index (κ1) is 10.7. The molecule has 4 nitrogen and oxygen atoms in total. The summed E-state index contributed by atoms with van der Waals surface area (Å²) in [5, 5.41) is 3.46. The molecule has 1 heterocycles. The number of hydrogen-bond acceptors (Lipinski definition) is 3. The summed E-state index contributed by atoms with van der Waals surface area (Å²) in [6.45, 7) is 0.661. The third-order valence-electron chi connectivity index (χ3n) is 2.94. The van der Waals surface area contributed by atoms with Crippen LogP contribution in [0.4, 0.5) is 0 Å². The minimum atomic E-state index is 0.110. The fraction of sp³-hybridized carbons (Fsp3) is 0.417. The van der Waals surface area contributed by atoms with E-state index in [1.54, 1.807) is 6.07 Å². The van der Waals surface area contributed by atoms with Crippen LogP contribution in [0.15, 0.2) is 12.1 Å². The number of fused-ring (bicyclic) bond motifs is 1. The summed E-state index contributed by atoms with van der Waals surface area (Å²) in [7, 11) is 0. The molecule has 0 spiro atoms. The van der Waals surface area contributed by atoms with Gasteiger partial charge in [0, 0.05) is 23.6 Å². The Kier molecular flexibility index (Phi) is 2.59. The van der Waals surface area contributed by atoms with Crippen LogP contribution < -0.4 is 14.8 Å². The zero-order chi connectivity index (χ0) is 11.8. The topological polar surface area (TPSA) is 47.6 Å². The molecule has 17 heavy (non-hydrogen) atoms. The van der Waals surface area contributed by atoms with Crippen LogP contribution in [0.3, 0.4) is 0 Å². The standard InChI is InChI=1S/C12H12ClNO3/c13-9-4-11-10(16-6-17-11)3-8(9)5-14-12(15)7-1-2-7/h3-4,7H,1-2,5-6H2,(H,14,15). The highest BCUT2D eigenvalue weighted by Gasteiger charge is 2.29. The van der Waals surface area contributed by atoms with Gasteiger partial charge >= 0.3 is 0 Å². The van der Waals surface area contributed by atoms with Crippen LogP contribution in [0.5, 0.6) is 11.5 Å². The van der Waals surface area contributed by atoms with Gasteiger partial charge in [-0.3, -0.25) is 4.79 Å². The van der Waals surface area contributed by atoms with E-state index >= 15 is 0 Å². The molecule has 3 rings (SSSR count). The second-order valence-electron chi connectivity index (χ2n) is 4.29. The van der Waals surface area contributed by atoms with E-state index in [1.807, 2.05) is 6.07 Å². The molecule has 1 aromatic carbocycles. The van der Waals surface area contributed by atoms with E-state index in [0.29, 0.717) is 23.1 Å². The fourth-order valence-corrected chi connectivity index (χ4v) is 1.99. The van der Waals surface area contributed by atoms with Gasteiger partial charge in [-0.25, -0.2) is 0 Å². The van der Waals surface area contributed by atoms with Crippen LogP contribution in [0, 0.1) is 5.92 Å². The molecular formula is C12H12ClNO3. The van der Waals surface area contributed by atoms with Gasteiger partial charge in [-0.05, 0) is 24.5 Å². The lowest BCUT2D eigenvalue weighted by Crippen LogP contribution is -2.24. The number of hydrogen-bond donors (Lipinski definition) is 1. The van der Waals surface area contributed by atoms with E-state index in [1.165, 1.54) is 0 Å². The molecule has 1 aromatic rings. The number of rotatable bonds is 3. The molecule has 1 fully saturated rings. The Morgan fingerprint density at radius 1 is 1.35 bits per heavy atom. The average molecular weight is 254 g/mol. The van der Waals surface area contributed by atoms with E-state index in [-0.39, 0.29) is 18.6 Å². The predicted octanol–water partition coefficient (Wildman–Crippen LogP) is 2.09. The van der Waals surface area contributed by atoms with Gasteiger partial charge in [0.05, 0.1) is 0 Å². The second kappa shape index (κ2) is 4.11. The fourth-order valence-electron chi connectivity index (χ4n) is 1.77. The SMILES string of the molecule is O=C(NCc1cc2c(cc1Cl)OCO2)C1CC1. The summed E-state index contributed by atoms with van der Waals surface area (Å²) in [4.78, 5) is 11.5. The normalized spacial score (nSPS) is 17.0. The minimum absolute atomic E-state index is 0.110. The van der Waals surface area contributed by atoms with E-state index in [9.17, 15) is 4.79 Å². The number of carbonyl (C=O) groups excluding carboxylic acids is 1. The zero-order valence-electron chi connectivity index (χ0n) is 9.16. The number of nitrogens with one attached hydrogen (secondary N) is 1. The third-order valence-corrected chi connectivity index (χ3v) is 3.29. The molecule has 2 aliphatic rings. The quantitative estimate of drug-likeness (QED) is 0.897. The van der Waals surface area contributed by atoms with Gasteiger partial charge in [-0.15, -0.1) is 0 Å². The Morgan fingerprint density at radius 3 is 2.76 bits per heavy atom. The molecular weight excluding hydrogens is 242 g/mol. The molecule has 0 saturated heterocycles. The van der Waals surface area contributed by atoms with Crippen molar-refractivity contribution in [3.05, 3.63) is 22.7 Å². The molecule has 1 aliphatic carbocycles.